The Morgan fingerprint density at radius 1 is 1.47 bits per heavy atom. The van der Waals surface area contributed by atoms with Crippen LogP contribution >= 0.6 is 11.8 Å². The molecular formula is C15H22N2OS. The van der Waals surface area contributed by atoms with E-state index in [-0.39, 0.29) is 5.91 Å². The molecule has 104 valence electrons. The summed E-state index contributed by atoms with van der Waals surface area (Å²) in [6.45, 7) is 6.23. The Kier molecular flexibility index (Phi) is 4.75. The van der Waals surface area contributed by atoms with E-state index in [1.54, 1.807) is 0 Å². The number of carbonyl (C=O) groups is 1. The monoisotopic (exact) mass is 278 g/mol. The first kappa shape index (κ1) is 14.3. The Labute approximate surface area is 119 Å². The highest BCUT2D eigenvalue weighted by atomic mass is 32.2. The molecule has 4 heteroatoms. The number of anilines is 2. The van der Waals surface area contributed by atoms with Crippen LogP contribution in [0.2, 0.25) is 0 Å². The molecule has 1 aliphatic heterocycles. The van der Waals surface area contributed by atoms with Gasteiger partial charge in [-0.15, -0.1) is 0 Å². The number of nitrogens with one attached hydrogen (secondary N) is 2. The lowest BCUT2D eigenvalue weighted by atomic mass is 10.1. The molecule has 2 unspecified atom stereocenters. The molecule has 1 aromatic carbocycles. The van der Waals surface area contributed by atoms with E-state index in [0.29, 0.717) is 17.7 Å². The van der Waals surface area contributed by atoms with Crippen LogP contribution in [0.5, 0.6) is 0 Å². The van der Waals surface area contributed by atoms with Gasteiger partial charge in [0.05, 0.1) is 0 Å². The summed E-state index contributed by atoms with van der Waals surface area (Å²) in [4.78, 5) is 11.4. The van der Waals surface area contributed by atoms with Gasteiger partial charge in [0.15, 0.2) is 0 Å². The lowest BCUT2D eigenvalue weighted by molar-refractivity contribution is -0.115. The van der Waals surface area contributed by atoms with Gasteiger partial charge in [0, 0.05) is 29.1 Å². The lowest BCUT2D eigenvalue weighted by Gasteiger charge is -2.20. The molecule has 0 aromatic heterocycles. The predicted octanol–water partition coefficient (Wildman–Crippen LogP) is 3.65. The maximum absolute atomic E-state index is 11.4. The first-order chi connectivity index (χ1) is 9.10. The second kappa shape index (κ2) is 6.33. The van der Waals surface area contributed by atoms with Crippen molar-refractivity contribution < 1.29 is 4.79 Å². The fraction of sp³-hybridized carbons (Fsp3) is 0.533. The Bertz CT molecular complexity index is 461. The molecule has 1 fully saturated rings. The van der Waals surface area contributed by atoms with Gasteiger partial charge in [0.25, 0.3) is 0 Å². The number of hydrogen-bond acceptors (Lipinski definition) is 3. The third kappa shape index (κ3) is 3.66. The Hall–Kier alpha value is -1.16. The number of thioether (sulfide) groups is 1. The summed E-state index contributed by atoms with van der Waals surface area (Å²) in [7, 11) is 0. The van der Waals surface area contributed by atoms with Crippen LogP contribution in [0.25, 0.3) is 0 Å². The molecule has 1 heterocycles. The van der Waals surface area contributed by atoms with Crippen LogP contribution in [0.1, 0.15) is 32.3 Å². The van der Waals surface area contributed by atoms with Crippen molar-refractivity contribution in [3.8, 4) is 0 Å². The number of amides is 1. The van der Waals surface area contributed by atoms with Crippen molar-refractivity contribution >= 4 is 29.0 Å². The zero-order chi connectivity index (χ0) is 13.8. The van der Waals surface area contributed by atoms with Gasteiger partial charge in [-0.3, -0.25) is 4.79 Å². The molecule has 0 radical (unpaired) electrons. The molecular weight excluding hydrogens is 256 g/mol. The van der Waals surface area contributed by atoms with E-state index in [0.717, 1.165) is 11.4 Å². The highest BCUT2D eigenvalue weighted by molar-refractivity contribution is 8.00. The summed E-state index contributed by atoms with van der Waals surface area (Å²) in [5, 5.41) is 7.18. The summed E-state index contributed by atoms with van der Waals surface area (Å²) in [6, 6.07) is 6.58. The lowest BCUT2D eigenvalue weighted by Crippen LogP contribution is -2.25. The fourth-order valence-electron chi connectivity index (χ4n) is 2.23. The molecule has 0 aliphatic carbocycles. The summed E-state index contributed by atoms with van der Waals surface area (Å²) >= 11 is 2.02. The van der Waals surface area contributed by atoms with Gasteiger partial charge in [0.1, 0.15) is 0 Å². The van der Waals surface area contributed by atoms with Gasteiger partial charge < -0.3 is 10.6 Å². The highest BCUT2D eigenvalue weighted by Gasteiger charge is 2.24. The van der Waals surface area contributed by atoms with Crippen molar-refractivity contribution in [3.63, 3.8) is 0 Å². The molecule has 0 spiro atoms. The van der Waals surface area contributed by atoms with Crippen LogP contribution in [0.4, 0.5) is 11.4 Å². The van der Waals surface area contributed by atoms with Crippen LogP contribution in [-0.4, -0.2) is 23.0 Å². The molecule has 1 amide bonds. The molecule has 2 atom stereocenters. The van der Waals surface area contributed by atoms with E-state index in [1.165, 1.54) is 17.7 Å². The quantitative estimate of drug-likeness (QED) is 0.883. The third-order valence-corrected chi connectivity index (χ3v) is 4.89. The second-order valence-corrected chi connectivity index (χ2v) is 6.53. The van der Waals surface area contributed by atoms with E-state index < -0.39 is 0 Å². The Balaban J connectivity index is 2.10. The van der Waals surface area contributed by atoms with E-state index in [9.17, 15) is 4.79 Å². The second-order valence-electron chi connectivity index (χ2n) is 5.05. The molecule has 1 aromatic rings. The molecule has 19 heavy (non-hydrogen) atoms. The van der Waals surface area contributed by atoms with E-state index in [4.69, 9.17) is 0 Å². The van der Waals surface area contributed by atoms with Crippen molar-refractivity contribution in [2.75, 3.05) is 16.4 Å². The van der Waals surface area contributed by atoms with Gasteiger partial charge in [0.2, 0.25) is 5.91 Å². The summed E-state index contributed by atoms with van der Waals surface area (Å²) < 4.78 is 0. The number of rotatable bonds is 4. The maximum Gasteiger partial charge on any atom is 0.224 e. The van der Waals surface area contributed by atoms with Gasteiger partial charge in [-0.05, 0) is 36.8 Å². The van der Waals surface area contributed by atoms with Gasteiger partial charge in [-0.25, -0.2) is 0 Å². The van der Waals surface area contributed by atoms with Crippen molar-refractivity contribution in [3.05, 3.63) is 23.8 Å². The van der Waals surface area contributed by atoms with Gasteiger partial charge in [-0.2, -0.15) is 11.8 Å². The summed E-state index contributed by atoms with van der Waals surface area (Å²) in [5.41, 5.74) is 3.23. The minimum Gasteiger partial charge on any atom is -0.381 e. The van der Waals surface area contributed by atoms with Crippen LogP contribution in [0.15, 0.2) is 18.2 Å². The topological polar surface area (TPSA) is 41.1 Å². The molecule has 2 rings (SSSR count). The van der Waals surface area contributed by atoms with Gasteiger partial charge in [-0.1, -0.05) is 19.9 Å². The SMILES string of the molecule is CCC(=O)Nc1ccc(C)c(NC2CCSC2C)c1. The van der Waals surface area contributed by atoms with Crippen LogP contribution in [0.3, 0.4) is 0 Å². The minimum atomic E-state index is 0.0552. The first-order valence-electron chi connectivity index (χ1n) is 6.88. The molecule has 0 bridgehead atoms. The van der Waals surface area contributed by atoms with Crippen molar-refractivity contribution in [1.29, 1.82) is 0 Å². The zero-order valence-corrected chi connectivity index (χ0v) is 12.6. The van der Waals surface area contributed by atoms with Crippen molar-refractivity contribution in [2.45, 2.75) is 44.9 Å². The van der Waals surface area contributed by atoms with Gasteiger partial charge >= 0.3 is 0 Å². The van der Waals surface area contributed by atoms with Crippen molar-refractivity contribution in [2.24, 2.45) is 0 Å². The molecule has 3 nitrogen and oxygen atoms in total. The Morgan fingerprint density at radius 3 is 2.89 bits per heavy atom. The molecule has 2 N–H and O–H groups in total. The number of hydrogen-bond donors (Lipinski definition) is 2. The average molecular weight is 278 g/mol. The first-order valence-corrected chi connectivity index (χ1v) is 7.93. The third-order valence-electron chi connectivity index (χ3n) is 3.56. The standard InChI is InChI=1S/C15H22N2OS/c1-4-15(18)16-12-6-5-10(2)14(9-12)17-13-7-8-19-11(13)3/h5-6,9,11,13,17H,4,7-8H2,1-3H3,(H,16,18). The average Bonchev–Trinajstić information content (AvgIpc) is 2.79. The zero-order valence-electron chi connectivity index (χ0n) is 11.8. The maximum atomic E-state index is 11.4. The van der Waals surface area contributed by atoms with Crippen LogP contribution in [0, 0.1) is 6.92 Å². The van der Waals surface area contributed by atoms with E-state index in [1.807, 2.05) is 30.8 Å². The summed E-state index contributed by atoms with van der Waals surface area (Å²) in [5.74, 6) is 1.28. The van der Waals surface area contributed by atoms with E-state index in [2.05, 4.69) is 30.5 Å². The normalized spacial score (nSPS) is 22.3. The number of carbonyl (C=O) groups excluding carboxylic acids is 1. The number of aryl methyl sites for hydroxylation is 1. The van der Waals surface area contributed by atoms with Crippen LogP contribution < -0.4 is 10.6 Å². The largest absolute Gasteiger partial charge is 0.381 e. The minimum absolute atomic E-state index is 0.0552. The highest BCUT2D eigenvalue weighted by Crippen LogP contribution is 2.30. The Morgan fingerprint density at radius 2 is 2.26 bits per heavy atom. The smallest absolute Gasteiger partial charge is 0.224 e. The van der Waals surface area contributed by atoms with E-state index >= 15 is 0 Å². The number of benzene rings is 1. The molecule has 0 saturated carbocycles. The fourth-order valence-corrected chi connectivity index (χ4v) is 3.42. The van der Waals surface area contributed by atoms with Crippen LogP contribution in [-0.2, 0) is 4.79 Å². The molecule has 1 saturated heterocycles. The predicted molar refractivity (Wildman–Crippen MR) is 84.0 cm³/mol. The molecule has 1 aliphatic rings. The summed E-state index contributed by atoms with van der Waals surface area (Å²) in [6.07, 6.45) is 1.71. The van der Waals surface area contributed by atoms with Crippen molar-refractivity contribution in [1.82, 2.24) is 0 Å².